The van der Waals surface area contributed by atoms with E-state index in [0.29, 0.717) is 28.9 Å². The molecular weight excluding hydrogens is 394 g/mol. The highest BCUT2D eigenvalue weighted by Crippen LogP contribution is 2.35. The van der Waals surface area contributed by atoms with E-state index in [1.54, 1.807) is 36.4 Å². The summed E-state index contributed by atoms with van der Waals surface area (Å²) in [5, 5.41) is 20.7. The second-order valence-electron chi connectivity index (χ2n) is 7.17. The van der Waals surface area contributed by atoms with Crippen molar-refractivity contribution in [1.29, 1.82) is 0 Å². The Morgan fingerprint density at radius 2 is 1.71 bits per heavy atom. The first kappa shape index (κ1) is 20.1. The number of nitro groups is 1. The number of rotatable bonds is 4. The number of benzene rings is 3. The minimum atomic E-state index is -0.454. The summed E-state index contributed by atoms with van der Waals surface area (Å²) in [6.07, 6.45) is 4.04. The molecule has 31 heavy (non-hydrogen) atoms. The zero-order valence-corrected chi connectivity index (χ0v) is 16.7. The van der Waals surface area contributed by atoms with E-state index in [0.717, 1.165) is 16.7 Å². The number of nitro benzene ring substituents is 1. The number of nitrogens with zero attached hydrogens (tertiary/aromatic N) is 1. The van der Waals surface area contributed by atoms with Crippen LogP contribution in [0.3, 0.4) is 0 Å². The number of fused-ring (bicyclic) bond motifs is 1. The number of allylic oxidation sites excluding steroid dienone is 2. The molecule has 0 unspecified atom stereocenters. The SMILES string of the molecule is COc1cc(/C=C2\Cc3ccccc3/C(=C\c3ccc([N+](=O)[O-])cc3)C2=O)ccc1O. The van der Waals surface area contributed by atoms with Gasteiger partial charge >= 0.3 is 0 Å². The van der Waals surface area contributed by atoms with Crippen molar-refractivity contribution >= 4 is 29.2 Å². The summed E-state index contributed by atoms with van der Waals surface area (Å²) < 4.78 is 5.16. The summed E-state index contributed by atoms with van der Waals surface area (Å²) in [5.41, 5.74) is 4.47. The molecule has 0 aliphatic heterocycles. The van der Waals surface area contributed by atoms with Gasteiger partial charge in [0, 0.05) is 29.7 Å². The van der Waals surface area contributed by atoms with Crippen LogP contribution in [0.4, 0.5) is 5.69 Å². The van der Waals surface area contributed by atoms with Gasteiger partial charge in [0.25, 0.3) is 5.69 Å². The number of phenols is 1. The van der Waals surface area contributed by atoms with Gasteiger partial charge < -0.3 is 9.84 Å². The predicted octanol–water partition coefficient (Wildman–Crippen LogP) is 5.06. The number of hydrogen-bond donors (Lipinski definition) is 1. The molecule has 154 valence electrons. The second-order valence-corrected chi connectivity index (χ2v) is 7.17. The monoisotopic (exact) mass is 413 g/mol. The number of non-ortho nitro benzene ring substituents is 1. The average Bonchev–Trinajstić information content (AvgIpc) is 2.78. The van der Waals surface area contributed by atoms with Gasteiger partial charge in [0.1, 0.15) is 0 Å². The second kappa shape index (κ2) is 8.28. The molecule has 1 N–H and O–H groups in total. The van der Waals surface area contributed by atoms with Crippen LogP contribution in [0, 0.1) is 10.1 Å². The number of aromatic hydroxyl groups is 1. The number of methoxy groups -OCH3 is 1. The molecule has 0 saturated heterocycles. The van der Waals surface area contributed by atoms with E-state index >= 15 is 0 Å². The molecule has 6 heteroatoms. The number of hydrogen-bond acceptors (Lipinski definition) is 5. The molecule has 3 aromatic carbocycles. The van der Waals surface area contributed by atoms with Crippen molar-refractivity contribution in [1.82, 2.24) is 0 Å². The zero-order valence-electron chi connectivity index (χ0n) is 16.7. The van der Waals surface area contributed by atoms with Gasteiger partial charge in [-0.3, -0.25) is 14.9 Å². The number of carbonyl (C=O) groups excluding carboxylic acids is 1. The van der Waals surface area contributed by atoms with Gasteiger partial charge in [-0.1, -0.05) is 30.3 Å². The minimum Gasteiger partial charge on any atom is -0.504 e. The number of carbonyl (C=O) groups is 1. The van der Waals surface area contributed by atoms with E-state index in [9.17, 15) is 20.0 Å². The molecule has 0 atom stereocenters. The number of ketones is 1. The fourth-order valence-corrected chi connectivity index (χ4v) is 3.62. The van der Waals surface area contributed by atoms with Crippen molar-refractivity contribution in [2.45, 2.75) is 6.42 Å². The molecule has 0 aromatic heterocycles. The van der Waals surface area contributed by atoms with Crippen molar-refractivity contribution in [2.24, 2.45) is 0 Å². The third-order valence-corrected chi connectivity index (χ3v) is 5.18. The first-order valence-corrected chi connectivity index (χ1v) is 9.63. The van der Waals surface area contributed by atoms with Crippen LogP contribution >= 0.6 is 0 Å². The van der Waals surface area contributed by atoms with Gasteiger partial charge in [-0.05, 0) is 58.7 Å². The summed E-state index contributed by atoms with van der Waals surface area (Å²) in [4.78, 5) is 23.8. The lowest BCUT2D eigenvalue weighted by Crippen LogP contribution is -2.15. The quantitative estimate of drug-likeness (QED) is 0.367. The smallest absolute Gasteiger partial charge is 0.269 e. The van der Waals surface area contributed by atoms with Crippen LogP contribution in [0.25, 0.3) is 17.7 Å². The Bertz CT molecular complexity index is 1240. The van der Waals surface area contributed by atoms with Crippen molar-refractivity contribution in [3.05, 3.63) is 105 Å². The molecule has 0 spiro atoms. The van der Waals surface area contributed by atoms with Crippen LogP contribution in [-0.4, -0.2) is 22.9 Å². The molecule has 0 fully saturated rings. The van der Waals surface area contributed by atoms with Crippen molar-refractivity contribution in [2.75, 3.05) is 7.11 Å². The number of ether oxygens (including phenoxy) is 1. The summed E-state index contributed by atoms with van der Waals surface area (Å²) >= 11 is 0. The van der Waals surface area contributed by atoms with Gasteiger partial charge in [-0.2, -0.15) is 0 Å². The van der Waals surface area contributed by atoms with Crippen LogP contribution in [0.2, 0.25) is 0 Å². The maximum Gasteiger partial charge on any atom is 0.269 e. The third kappa shape index (κ3) is 4.09. The Kier molecular flexibility index (Phi) is 5.37. The zero-order chi connectivity index (χ0) is 22.0. The summed E-state index contributed by atoms with van der Waals surface area (Å²) in [6, 6.07) is 18.7. The highest BCUT2D eigenvalue weighted by Gasteiger charge is 2.25. The fraction of sp³-hybridized carbons (Fsp3) is 0.0800. The average molecular weight is 413 g/mol. The maximum atomic E-state index is 13.4. The fourth-order valence-electron chi connectivity index (χ4n) is 3.62. The van der Waals surface area contributed by atoms with E-state index in [-0.39, 0.29) is 17.2 Å². The highest BCUT2D eigenvalue weighted by molar-refractivity contribution is 6.35. The van der Waals surface area contributed by atoms with Crippen LogP contribution < -0.4 is 4.74 Å². The Morgan fingerprint density at radius 3 is 2.42 bits per heavy atom. The van der Waals surface area contributed by atoms with Gasteiger partial charge in [-0.15, -0.1) is 0 Å². The molecule has 0 heterocycles. The van der Waals surface area contributed by atoms with Gasteiger partial charge in [0.15, 0.2) is 17.3 Å². The predicted molar refractivity (Wildman–Crippen MR) is 119 cm³/mol. The van der Waals surface area contributed by atoms with Crippen LogP contribution in [0.5, 0.6) is 11.5 Å². The molecule has 6 nitrogen and oxygen atoms in total. The minimum absolute atomic E-state index is 0.000571. The Labute approximate surface area is 178 Å². The lowest BCUT2D eigenvalue weighted by Gasteiger charge is -2.21. The van der Waals surface area contributed by atoms with E-state index < -0.39 is 4.92 Å². The lowest BCUT2D eigenvalue weighted by molar-refractivity contribution is -0.384. The van der Waals surface area contributed by atoms with E-state index in [1.165, 1.54) is 25.3 Å². The van der Waals surface area contributed by atoms with Gasteiger partial charge in [0.05, 0.1) is 12.0 Å². The molecule has 0 amide bonds. The Balaban J connectivity index is 1.78. The number of phenolic OH excluding ortho intramolecular Hbond substituents is 1. The van der Waals surface area contributed by atoms with E-state index in [1.807, 2.05) is 24.3 Å². The standard InChI is InChI=1S/C25H19NO5/c1-31-24-14-17(8-11-23(24)27)12-19-15-18-4-2-3-5-21(18)22(25(19)28)13-16-6-9-20(10-7-16)26(29)30/h2-14,27H,15H2,1H3/b19-12+,22-13+. The highest BCUT2D eigenvalue weighted by atomic mass is 16.6. The Morgan fingerprint density at radius 1 is 1.00 bits per heavy atom. The van der Waals surface area contributed by atoms with Crippen molar-refractivity contribution in [3.8, 4) is 11.5 Å². The van der Waals surface area contributed by atoms with Crippen molar-refractivity contribution < 1.29 is 19.6 Å². The third-order valence-electron chi connectivity index (χ3n) is 5.18. The lowest BCUT2D eigenvalue weighted by atomic mass is 9.81. The van der Waals surface area contributed by atoms with Crippen LogP contribution in [0.1, 0.15) is 22.3 Å². The van der Waals surface area contributed by atoms with Gasteiger partial charge in [-0.25, -0.2) is 0 Å². The molecular formula is C25H19NO5. The van der Waals surface area contributed by atoms with Gasteiger partial charge in [0.2, 0.25) is 0 Å². The molecule has 0 radical (unpaired) electrons. The summed E-state index contributed by atoms with van der Waals surface area (Å²) in [7, 11) is 1.47. The largest absolute Gasteiger partial charge is 0.504 e. The Hall–Kier alpha value is -4.19. The molecule has 0 saturated carbocycles. The molecule has 1 aliphatic carbocycles. The summed E-state index contributed by atoms with van der Waals surface area (Å²) in [6.45, 7) is 0. The normalized spacial score (nSPS) is 15.7. The van der Waals surface area contributed by atoms with E-state index in [2.05, 4.69) is 0 Å². The molecule has 3 aromatic rings. The summed E-state index contributed by atoms with van der Waals surface area (Å²) in [5.74, 6) is 0.257. The maximum absolute atomic E-state index is 13.4. The van der Waals surface area contributed by atoms with Crippen LogP contribution in [0.15, 0.2) is 72.3 Å². The molecule has 4 rings (SSSR count). The first-order valence-electron chi connectivity index (χ1n) is 9.63. The van der Waals surface area contributed by atoms with E-state index in [4.69, 9.17) is 4.74 Å². The number of Topliss-reactive ketones (excluding diaryl/α,β-unsaturated/α-hetero) is 1. The van der Waals surface area contributed by atoms with Crippen LogP contribution in [-0.2, 0) is 11.2 Å². The van der Waals surface area contributed by atoms with Crippen molar-refractivity contribution in [3.63, 3.8) is 0 Å². The first-order chi connectivity index (χ1) is 15.0. The topological polar surface area (TPSA) is 89.7 Å². The molecule has 0 bridgehead atoms. The molecule has 1 aliphatic rings.